The zero-order chi connectivity index (χ0) is 13.7. The van der Waals surface area contributed by atoms with Crippen molar-refractivity contribution >= 4 is 11.4 Å². The highest BCUT2D eigenvalue weighted by Crippen LogP contribution is 2.19. The number of likely N-dealkylation sites (N-methyl/N-ethyl adjacent to an activating group) is 1. The molecule has 2 aromatic rings. The summed E-state index contributed by atoms with van der Waals surface area (Å²) in [6, 6.07) is 14.7. The van der Waals surface area contributed by atoms with Crippen molar-refractivity contribution in [2.24, 2.45) is 0 Å². The van der Waals surface area contributed by atoms with Crippen molar-refractivity contribution in [2.45, 2.75) is 13.3 Å². The number of hydrogen-bond donors (Lipinski definition) is 1. The van der Waals surface area contributed by atoms with E-state index in [1.165, 1.54) is 11.6 Å². The molecule has 0 heterocycles. The Morgan fingerprint density at radius 2 is 1.74 bits per heavy atom. The lowest BCUT2D eigenvalue weighted by atomic mass is 10.1. The number of rotatable bonds is 5. The number of nitrogens with two attached hydrogens (primary N) is 1. The Kier molecular flexibility index (Phi) is 4.39. The van der Waals surface area contributed by atoms with Crippen LogP contribution in [-0.4, -0.2) is 13.1 Å². The third-order valence-electron chi connectivity index (χ3n) is 3.22. The first-order valence-corrected chi connectivity index (χ1v) is 6.54. The fourth-order valence-corrected chi connectivity index (χ4v) is 2.11. The highest BCUT2D eigenvalue weighted by atomic mass is 19.1. The average Bonchev–Trinajstić information content (AvgIpc) is 2.43. The molecule has 2 aromatic carbocycles. The number of benzene rings is 2. The maximum atomic E-state index is 13.7. The summed E-state index contributed by atoms with van der Waals surface area (Å²) in [5.74, 6) is -0.165. The van der Waals surface area contributed by atoms with Crippen LogP contribution in [0.15, 0.2) is 48.5 Å². The molecule has 0 bridgehead atoms. The Morgan fingerprint density at radius 3 is 2.37 bits per heavy atom. The van der Waals surface area contributed by atoms with E-state index in [9.17, 15) is 4.39 Å². The number of hydrogen-bond acceptors (Lipinski definition) is 2. The molecule has 0 spiro atoms. The molecule has 0 radical (unpaired) electrons. The van der Waals surface area contributed by atoms with Crippen LogP contribution in [0, 0.1) is 5.82 Å². The van der Waals surface area contributed by atoms with Crippen LogP contribution < -0.4 is 10.6 Å². The van der Waals surface area contributed by atoms with Gasteiger partial charge in [0, 0.05) is 18.8 Å². The van der Waals surface area contributed by atoms with Crippen LogP contribution in [0.25, 0.3) is 0 Å². The van der Waals surface area contributed by atoms with Crippen LogP contribution in [-0.2, 0) is 6.42 Å². The van der Waals surface area contributed by atoms with Gasteiger partial charge >= 0.3 is 0 Å². The molecule has 0 aromatic heterocycles. The van der Waals surface area contributed by atoms with E-state index < -0.39 is 0 Å². The smallest absolute Gasteiger partial charge is 0.146 e. The summed E-state index contributed by atoms with van der Waals surface area (Å²) < 4.78 is 13.7. The van der Waals surface area contributed by atoms with Gasteiger partial charge in [0.25, 0.3) is 0 Å². The van der Waals surface area contributed by atoms with Gasteiger partial charge in [-0.2, -0.15) is 0 Å². The molecule has 100 valence electrons. The second kappa shape index (κ2) is 6.23. The Labute approximate surface area is 113 Å². The van der Waals surface area contributed by atoms with E-state index in [4.69, 9.17) is 5.73 Å². The number of halogens is 1. The van der Waals surface area contributed by atoms with E-state index in [0.717, 1.165) is 25.2 Å². The zero-order valence-corrected chi connectivity index (χ0v) is 11.1. The van der Waals surface area contributed by atoms with Crippen LogP contribution in [0.1, 0.15) is 12.5 Å². The highest BCUT2D eigenvalue weighted by molar-refractivity contribution is 5.47. The predicted molar refractivity (Wildman–Crippen MR) is 78.8 cm³/mol. The molecule has 2 N–H and O–H groups in total. The summed E-state index contributed by atoms with van der Waals surface area (Å²) in [7, 11) is 0. The summed E-state index contributed by atoms with van der Waals surface area (Å²) in [6.45, 7) is 3.62. The van der Waals surface area contributed by atoms with Crippen LogP contribution in [0.3, 0.4) is 0 Å². The summed E-state index contributed by atoms with van der Waals surface area (Å²) in [5.41, 5.74) is 8.31. The maximum absolute atomic E-state index is 13.7. The summed E-state index contributed by atoms with van der Waals surface area (Å²) >= 11 is 0. The number of nitrogen functional groups attached to an aromatic ring is 1. The predicted octanol–water partition coefficient (Wildman–Crippen LogP) is 3.48. The molecule has 2 nitrogen and oxygen atoms in total. The third kappa shape index (κ3) is 3.47. The van der Waals surface area contributed by atoms with Gasteiger partial charge in [0.05, 0.1) is 5.69 Å². The van der Waals surface area contributed by atoms with Gasteiger partial charge < -0.3 is 10.6 Å². The third-order valence-corrected chi connectivity index (χ3v) is 3.22. The fourth-order valence-electron chi connectivity index (χ4n) is 2.11. The molecule has 19 heavy (non-hydrogen) atoms. The van der Waals surface area contributed by atoms with Gasteiger partial charge in [-0.25, -0.2) is 4.39 Å². The van der Waals surface area contributed by atoms with Gasteiger partial charge in [-0.1, -0.05) is 24.3 Å². The second-order valence-electron chi connectivity index (χ2n) is 4.52. The van der Waals surface area contributed by atoms with Gasteiger partial charge in [0.1, 0.15) is 5.82 Å². The van der Waals surface area contributed by atoms with Crippen LogP contribution >= 0.6 is 0 Å². The SMILES string of the molecule is CCN(CCc1ccc(N)cc1)c1ccccc1F. The molecule has 2 rings (SSSR count). The van der Waals surface area contributed by atoms with Crippen molar-refractivity contribution in [3.8, 4) is 0 Å². The Hall–Kier alpha value is -2.03. The summed E-state index contributed by atoms with van der Waals surface area (Å²) in [5, 5.41) is 0. The van der Waals surface area contributed by atoms with Crippen molar-refractivity contribution in [1.82, 2.24) is 0 Å². The number of nitrogens with zero attached hydrogens (tertiary/aromatic N) is 1. The zero-order valence-electron chi connectivity index (χ0n) is 11.1. The van der Waals surface area contributed by atoms with E-state index in [0.29, 0.717) is 5.69 Å². The molecule has 3 heteroatoms. The second-order valence-corrected chi connectivity index (χ2v) is 4.52. The topological polar surface area (TPSA) is 29.3 Å². The van der Waals surface area contributed by atoms with Crippen LogP contribution in [0.5, 0.6) is 0 Å². The van der Waals surface area contributed by atoms with Gasteiger partial charge in [-0.15, -0.1) is 0 Å². The lowest BCUT2D eigenvalue weighted by Crippen LogP contribution is -2.26. The van der Waals surface area contributed by atoms with Gasteiger partial charge in [0.2, 0.25) is 0 Å². The fraction of sp³-hybridized carbons (Fsp3) is 0.250. The number of para-hydroxylation sites is 1. The average molecular weight is 258 g/mol. The van der Waals surface area contributed by atoms with Gasteiger partial charge in [-0.05, 0) is 43.2 Å². The molecule has 0 aliphatic heterocycles. The van der Waals surface area contributed by atoms with Crippen molar-refractivity contribution in [3.63, 3.8) is 0 Å². The minimum atomic E-state index is -0.165. The minimum absolute atomic E-state index is 0.165. The quantitative estimate of drug-likeness (QED) is 0.832. The lowest BCUT2D eigenvalue weighted by Gasteiger charge is -2.23. The Bertz CT molecular complexity index is 523. The number of anilines is 2. The van der Waals surface area contributed by atoms with Crippen molar-refractivity contribution in [3.05, 3.63) is 59.9 Å². The summed E-state index contributed by atoms with van der Waals surface area (Å²) in [4.78, 5) is 2.05. The standard InChI is InChI=1S/C16H19FN2/c1-2-19(16-6-4-3-5-15(16)17)12-11-13-7-9-14(18)10-8-13/h3-10H,2,11-12,18H2,1H3. The highest BCUT2D eigenvalue weighted by Gasteiger charge is 2.08. The normalized spacial score (nSPS) is 10.4. The maximum Gasteiger partial charge on any atom is 0.146 e. The molecule has 0 saturated heterocycles. The summed E-state index contributed by atoms with van der Waals surface area (Å²) in [6.07, 6.45) is 0.877. The first-order chi connectivity index (χ1) is 9.20. The Morgan fingerprint density at radius 1 is 1.05 bits per heavy atom. The first kappa shape index (κ1) is 13.4. The molecule has 0 fully saturated rings. The Balaban J connectivity index is 2.04. The molecular formula is C16H19FN2. The van der Waals surface area contributed by atoms with E-state index in [1.807, 2.05) is 48.2 Å². The van der Waals surface area contributed by atoms with E-state index in [-0.39, 0.29) is 5.82 Å². The van der Waals surface area contributed by atoms with Crippen LogP contribution in [0.2, 0.25) is 0 Å². The van der Waals surface area contributed by atoms with Crippen molar-refractivity contribution < 1.29 is 4.39 Å². The van der Waals surface area contributed by atoms with Crippen molar-refractivity contribution in [2.75, 3.05) is 23.7 Å². The molecular weight excluding hydrogens is 239 g/mol. The van der Waals surface area contributed by atoms with E-state index in [2.05, 4.69) is 0 Å². The monoisotopic (exact) mass is 258 g/mol. The largest absolute Gasteiger partial charge is 0.399 e. The van der Waals surface area contributed by atoms with E-state index >= 15 is 0 Å². The molecule has 0 unspecified atom stereocenters. The minimum Gasteiger partial charge on any atom is -0.399 e. The lowest BCUT2D eigenvalue weighted by molar-refractivity contribution is 0.618. The van der Waals surface area contributed by atoms with Crippen molar-refractivity contribution in [1.29, 1.82) is 0 Å². The molecule has 0 aliphatic carbocycles. The van der Waals surface area contributed by atoms with Gasteiger partial charge in [0.15, 0.2) is 0 Å². The molecule has 0 amide bonds. The van der Waals surface area contributed by atoms with Gasteiger partial charge in [-0.3, -0.25) is 0 Å². The molecule has 0 aliphatic rings. The van der Waals surface area contributed by atoms with E-state index in [1.54, 1.807) is 6.07 Å². The molecule has 0 saturated carbocycles. The first-order valence-electron chi connectivity index (χ1n) is 6.54. The molecule has 0 atom stereocenters. The van der Waals surface area contributed by atoms with Crippen LogP contribution in [0.4, 0.5) is 15.8 Å².